The Morgan fingerprint density at radius 3 is 3.00 bits per heavy atom. The fraction of sp³-hybridized carbons (Fsp3) is 0.182. The van der Waals surface area contributed by atoms with E-state index in [1.807, 2.05) is 24.3 Å². The van der Waals surface area contributed by atoms with Gasteiger partial charge in [0.05, 0.1) is 13.3 Å². The average Bonchev–Trinajstić information content (AvgIpc) is 2.37. The molecule has 0 bridgehead atoms. The Balaban J connectivity index is 2.09. The summed E-state index contributed by atoms with van der Waals surface area (Å²) in [5.41, 5.74) is 1.05. The van der Waals surface area contributed by atoms with E-state index >= 15 is 0 Å². The van der Waals surface area contributed by atoms with E-state index in [4.69, 9.17) is 17.0 Å². The SMILES string of the molecule is COc1ccccc1CNc1cn[nH]c(=S)n1. The number of para-hydroxylation sites is 1. The van der Waals surface area contributed by atoms with E-state index in [0.29, 0.717) is 17.1 Å². The van der Waals surface area contributed by atoms with Crippen molar-refractivity contribution in [3.05, 3.63) is 40.8 Å². The van der Waals surface area contributed by atoms with Crippen LogP contribution in [0.4, 0.5) is 5.82 Å². The van der Waals surface area contributed by atoms with Gasteiger partial charge in [0, 0.05) is 12.1 Å². The molecular formula is C11H12N4OS. The van der Waals surface area contributed by atoms with Crippen molar-refractivity contribution >= 4 is 18.0 Å². The summed E-state index contributed by atoms with van der Waals surface area (Å²) < 4.78 is 5.61. The van der Waals surface area contributed by atoms with Gasteiger partial charge < -0.3 is 10.1 Å². The highest BCUT2D eigenvalue weighted by Crippen LogP contribution is 2.17. The lowest BCUT2D eigenvalue weighted by atomic mass is 10.2. The molecule has 0 amide bonds. The van der Waals surface area contributed by atoms with Gasteiger partial charge >= 0.3 is 0 Å². The number of rotatable bonds is 4. The van der Waals surface area contributed by atoms with Crippen LogP contribution < -0.4 is 10.1 Å². The normalized spacial score (nSPS) is 9.94. The number of anilines is 1. The minimum Gasteiger partial charge on any atom is -0.496 e. The van der Waals surface area contributed by atoms with Crippen molar-refractivity contribution in [2.75, 3.05) is 12.4 Å². The van der Waals surface area contributed by atoms with Gasteiger partial charge in [0.2, 0.25) is 4.77 Å². The molecule has 0 fully saturated rings. The van der Waals surface area contributed by atoms with Crippen molar-refractivity contribution in [1.82, 2.24) is 15.2 Å². The lowest BCUT2D eigenvalue weighted by Crippen LogP contribution is -2.04. The van der Waals surface area contributed by atoms with E-state index in [0.717, 1.165) is 11.3 Å². The lowest BCUT2D eigenvalue weighted by Gasteiger charge is -2.09. The summed E-state index contributed by atoms with van der Waals surface area (Å²) in [7, 11) is 1.65. The Kier molecular flexibility index (Phi) is 3.66. The zero-order valence-corrected chi connectivity index (χ0v) is 10.1. The molecule has 0 spiro atoms. The van der Waals surface area contributed by atoms with E-state index in [1.165, 1.54) is 0 Å². The van der Waals surface area contributed by atoms with Gasteiger partial charge in [-0.25, -0.2) is 4.98 Å². The summed E-state index contributed by atoms with van der Waals surface area (Å²) >= 11 is 4.89. The third kappa shape index (κ3) is 3.01. The molecule has 0 saturated heterocycles. The molecule has 0 aliphatic heterocycles. The summed E-state index contributed by atoms with van der Waals surface area (Å²) in [6.07, 6.45) is 1.59. The molecule has 6 heteroatoms. The molecule has 5 nitrogen and oxygen atoms in total. The van der Waals surface area contributed by atoms with Crippen LogP contribution in [-0.4, -0.2) is 22.3 Å². The van der Waals surface area contributed by atoms with Crippen LogP contribution in [0.5, 0.6) is 5.75 Å². The largest absolute Gasteiger partial charge is 0.496 e. The summed E-state index contributed by atoms with van der Waals surface area (Å²) in [4.78, 5) is 4.09. The highest BCUT2D eigenvalue weighted by molar-refractivity contribution is 7.71. The molecule has 0 aliphatic carbocycles. The third-order valence-electron chi connectivity index (χ3n) is 2.22. The number of hydrogen-bond acceptors (Lipinski definition) is 5. The summed E-state index contributed by atoms with van der Waals surface area (Å²) in [5, 5.41) is 9.57. The highest BCUT2D eigenvalue weighted by atomic mass is 32.1. The van der Waals surface area contributed by atoms with Crippen molar-refractivity contribution < 1.29 is 4.74 Å². The number of aromatic nitrogens is 3. The van der Waals surface area contributed by atoms with Gasteiger partial charge in [0.1, 0.15) is 11.6 Å². The Morgan fingerprint density at radius 2 is 2.24 bits per heavy atom. The molecular weight excluding hydrogens is 236 g/mol. The summed E-state index contributed by atoms with van der Waals surface area (Å²) in [6, 6.07) is 7.80. The van der Waals surface area contributed by atoms with Crippen molar-refractivity contribution in [3.63, 3.8) is 0 Å². The summed E-state index contributed by atoms with van der Waals surface area (Å²) in [5.74, 6) is 1.48. The first kappa shape index (κ1) is 11.5. The fourth-order valence-corrected chi connectivity index (χ4v) is 1.58. The predicted octanol–water partition coefficient (Wildman–Crippen LogP) is 2.15. The first-order valence-corrected chi connectivity index (χ1v) is 5.48. The van der Waals surface area contributed by atoms with Crippen molar-refractivity contribution in [2.45, 2.75) is 6.54 Å². The molecule has 0 unspecified atom stereocenters. The van der Waals surface area contributed by atoms with Gasteiger partial charge in [-0.1, -0.05) is 18.2 Å². The van der Waals surface area contributed by atoms with Crippen LogP contribution in [0, 0.1) is 4.77 Å². The van der Waals surface area contributed by atoms with Gasteiger partial charge in [-0.3, -0.25) is 5.10 Å². The van der Waals surface area contributed by atoms with E-state index in [9.17, 15) is 0 Å². The molecule has 2 aromatic rings. The number of H-pyrrole nitrogens is 1. The monoisotopic (exact) mass is 248 g/mol. The van der Waals surface area contributed by atoms with E-state index in [-0.39, 0.29) is 0 Å². The highest BCUT2D eigenvalue weighted by Gasteiger charge is 2.01. The second kappa shape index (κ2) is 5.40. The van der Waals surface area contributed by atoms with Crippen LogP contribution in [0.1, 0.15) is 5.56 Å². The van der Waals surface area contributed by atoms with Crippen LogP contribution in [0.3, 0.4) is 0 Å². The number of aromatic amines is 1. The predicted molar refractivity (Wildman–Crippen MR) is 67.5 cm³/mol. The molecule has 0 radical (unpaired) electrons. The Hall–Kier alpha value is -1.95. The molecule has 0 saturated carbocycles. The maximum Gasteiger partial charge on any atom is 0.215 e. The number of ether oxygens (including phenoxy) is 1. The van der Waals surface area contributed by atoms with Gasteiger partial charge in [0.25, 0.3) is 0 Å². The van der Waals surface area contributed by atoms with Crippen molar-refractivity contribution in [3.8, 4) is 5.75 Å². The quantitative estimate of drug-likeness (QED) is 0.812. The van der Waals surface area contributed by atoms with Crippen LogP contribution in [0.25, 0.3) is 0 Å². The molecule has 88 valence electrons. The van der Waals surface area contributed by atoms with Gasteiger partial charge in [-0.05, 0) is 18.3 Å². The van der Waals surface area contributed by atoms with Gasteiger partial charge in [-0.15, -0.1) is 0 Å². The van der Waals surface area contributed by atoms with E-state index < -0.39 is 0 Å². The third-order valence-corrected chi connectivity index (χ3v) is 2.40. The second-order valence-corrected chi connectivity index (χ2v) is 3.72. The van der Waals surface area contributed by atoms with Crippen LogP contribution in [0.15, 0.2) is 30.5 Å². The topological polar surface area (TPSA) is 62.8 Å². The minimum absolute atomic E-state index is 0.357. The standard InChI is InChI=1S/C11H12N4OS/c1-16-9-5-3-2-4-8(9)6-12-10-7-13-15-11(17)14-10/h2-5,7H,6H2,1H3,(H2,12,14,15,17). The Morgan fingerprint density at radius 1 is 1.41 bits per heavy atom. The van der Waals surface area contributed by atoms with Crippen molar-refractivity contribution in [2.24, 2.45) is 0 Å². The molecule has 2 N–H and O–H groups in total. The Bertz CT molecular complexity index is 555. The van der Waals surface area contributed by atoms with Gasteiger partial charge in [-0.2, -0.15) is 5.10 Å². The van der Waals surface area contributed by atoms with Crippen LogP contribution in [0.2, 0.25) is 0 Å². The van der Waals surface area contributed by atoms with E-state index in [1.54, 1.807) is 13.3 Å². The molecule has 17 heavy (non-hydrogen) atoms. The number of methoxy groups -OCH3 is 1. The maximum atomic E-state index is 5.25. The molecule has 0 aliphatic rings. The Labute approximate surface area is 104 Å². The molecule has 0 atom stereocenters. The lowest BCUT2D eigenvalue weighted by molar-refractivity contribution is 0.410. The number of benzene rings is 1. The molecule has 1 heterocycles. The minimum atomic E-state index is 0.357. The fourth-order valence-electron chi connectivity index (χ4n) is 1.43. The average molecular weight is 248 g/mol. The van der Waals surface area contributed by atoms with Crippen LogP contribution in [-0.2, 0) is 6.54 Å². The number of nitrogens with zero attached hydrogens (tertiary/aromatic N) is 2. The summed E-state index contributed by atoms with van der Waals surface area (Å²) in [6.45, 7) is 0.609. The second-order valence-electron chi connectivity index (χ2n) is 3.34. The molecule has 1 aromatic heterocycles. The van der Waals surface area contributed by atoms with E-state index in [2.05, 4.69) is 20.5 Å². The molecule has 2 rings (SSSR count). The smallest absolute Gasteiger partial charge is 0.215 e. The van der Waals surface area contributed by atoms with Crippen LogP contribution >= 0.6 is 12.2 Å². The maximum absolute atomic E-state index is 5.25. The number of nitrogens with one attached hydrogen (secondary N) is 2. The first-order chi connectivity index (χ1) is 8.29. The number of hydrogen-bond donors (Lipinski definition) is 2. The zero-order valence-electron chi connectivity index (χ0n) is 9.30. The first-order valence-electron chi connectivity index (χ1n) is 5.07. The molecule has 1 aromatic carbocycles. The van der Waals surface area contributed by atoms with Gasteiger partial charge in [0.15, 0.2) is 0 Å². The zero-order chi connectivity index (χ0) is 12.1. The van der Waals surface area contributed by atoms with Crippen molar-refractivity contribution in [1.29, 1.82) is 0 Å².